The van der Waals surface area contributed by atoms with Crippen molar-refractivity contribution < 1.29 is 26.4 Å². The number of benzene rings is 2. The molecule has 0 radical (unpaired) electrons. The summed E-state index contributed by atoms with van der Waals surface area (Å²) in [6, 6.07) is 15.1. The van der Waals surface area contributed by atoms with Crippen LogP contribution >= 0.6 is 0 Å². The Morgan fingerprint density at radius 1 is 1.09 bits per heavy atom. The molecule has 2 aromatic carbocycles. The van der Waals surface area contributed by atoms with Crippen molar-refractivity contribution in [3.05, 3.63) is 60.2 Å². The van der Waals surface area contributed by atoms with Gasteiger partial charge >= 0.3 is 6.18 Å². The maximum Gasteiger partial charge on any atom is 0.408 e. The van der Waals surface area contributed by atoms with Crippen molar-refractivity contribution in [2.45, 2.75) is 56.8 Å². The first-order chi connectivity index (χ1) is 16.0. The Morgan fingerprint density at radius 3 is 2.47 bits per heavy atom. The van der Waals surface area contributed by atoms with Gasteiger partial charge in [-0.05, 0) is 55.2 Å². The van der Waals surface area contributed by atoms with Gasteiger partial charge in [-0.15, -0.1) is 0 Å². The Bertz CT molecular complexity index is 1140. The summed E-state index contributed by atoms with van der Waals surface area (Å²) in [5, 5.41) is 0. The van der Waals surface area contributed by atoms with Gasteiger partial charge in [0.2, 0.25) is 15.9 Å². The van der Waals surface area contributed by atoms with Crippen molar-refractivity contribution in [1.29, 1.82) is 0 Å². The molecule has 1 heterocycles. The number of nitrogens with one attached hydrogen (secondary N) is 1. The summed E-state index contributed by atoms with van der Waals surface area (Å²) in [6.07, 6.45) is -2.05. The Morgan fingerprint density at radius 2 is 1.79 bits per heavy atom. The molecule has 1 amide bonds. The van der Waals surface area contributed by atoms with E-state index >= 15 is 0 Å². The van der Waals surface area contributed by atoms with Gasteiger partial charge in [0.25, 0.3) is 0 Å². The van der Waals surface area contributed by atoms with Crippen LogP contribution in [0.15, 0.2) is 54.6 Å². The summed E-state index contributed by atoms with van der Waals surface area (Å²) in [4.78, 5) is 14.7. The zero-order chi connectivity index (χ0) is 24.6. The normalized spacial score (nSPS) is 25.6. The molecule has 2 aromatic rings. The number of sulfonamides is 1. The van der Waals surface area contributed by atoms with Crippen LogP contribution in [0, 0.1) is 5.41 Å². The molecule has 1 saturated heterocycles. The van der Waals surface area contributed by atoms with Gasteiger partial charge in [0.1, 0.15) is 6.04 Å². The van der Waals surface area contributed by atoms with Crippen LogP contribution in [0.25, 0.3) is 11.1 Å². The summed E-state index contributed by atoms with van der Waals surface area (Å²) in [5.41, 5.74) is 1.71. The van der Waals surface area contributed by atoms with Crippen molar-refractivity contribution in [3.63, 3.8) is 0 Å². The molecule has 34 heavy (non-hydrogen) atoms. The largest absolute Gasteiger partial charge is 0.408 e. The van der Waals surface area contributed by atoms with E-state index in [1.807, 2.05) is 54.6 Å². The van der Waals surface area contributed by atoms with Gasteiger partial charge < -0.3 is 4.90 Å². The second kappa shape index (κ2) is 9.34. The van der Waals surface area contributed by atoms with Crippen LogP contribution in [0.1, 0.15) is 37.7 Å². The number of carbonyl (C=O) groups excluding carboxylic acids is 1. The monoisotopic (exact) mass is 494 g/mol. The van der Waals surface area contributed by atoms with Gasteiger partial charge in [0, 0.05) is 12.6 Å². The fourth-order valence-corrected chi connectivity index (χ4v) is 6.30. The molecule has 1 aliphatic heterocycles. The van der Waals surface area contributed by atoms with Gasteiger partial charge in [-0.2, -0.15) is 13.2 Å². The third-order valence-corrected chi connectivity index (χ3v) is 7.67. The van der Waals surface area contributed by atoms with Crippen molar-refractivity contribution in [3.8, 4) is 11.1 Å². The van der Waals surface area contributed by atoms with E-state index in [1.54, 1.807) is 0 Å². The number of carbonyl (C=O) groups is 1. The number of likely N-dealkylation sites (tertiary alicyclic amines) is 1. The quantitative estimate of drug-likeness (QED) is 0.641. The van der Waals surface area contributed by atoms with Crippen LogP contribution in [-0.4, -0.2) is 50.3 Å². The highest BCUT2D eigenvalue weighted by Crippen LogP contribution is 2.46. The zero-order valence-corrected chi connectivity index (χ0v) is 19.8. The Labute approximate surface area is 198 Å². The van der Waals surface area contributed by atoms with E-state index < -0.39 is 39.6 Å². The molecule has 184 valence electrons. The second-order valence-electron chi connectivity index (χ2n) is 9.55. The third-order valence-electron chi connectivity index (χ3n) is 6.91. The number of hydrogen-bond acceptors (Lipinski definition) is 3. The summed E-state index contributed by atoms with van der Waals surface area (Å²) < 4.78 is 67.2. The number of alkyl halides is 3. The van der Waals surface area contributed by atoms with Gasteiger partial charge in [0.15, 0.2) is 0 Å². The first-order valence-corrected chi connectivity index (χ1v) is 13.4. The van der Waals surface area contributed by atoms with Gasteiger partial charge in [-0.3, -0.25) is 4.79 Å². The first kappa shape index (κ1) is 24.7. The number of rotatable bonds is 6. The van der Waals surface area contributed by atoms with Gasteiger partial charge in [0.05, 0.1) is 11.7 Å². The average Bonchev–Trinajstić information content (AvgIpc) is 3.41. The molecule has 2 fully saturated rings. The van der Waals surface area contributed by atoms with Crippen molar-refractivity contribution in [2.24, 2.45) is 5.41 Å². The van der Waals surface area contributed by atoms with E-state index in [1.165, 1.54) is 0 Å². The lowest BCUT2D eigenvalue weighted by Crippen LogP contribution is -2.51. The topological polar surface area (TPSA) is 66.5 Å². The van der Waals surface area contributed by atoms with Crippen LogP contribution in [0.5, 0.6) is 0 Å². The molecule has 5 nitrogen and oxygen atoms in total. The number of hydrogen-bond donors (Lipinski definition) is 1. The molecule has 0 bridgehead atoms. The Balaban J connectivity index is 1.66. The van der Waals surface area contributed by atoms with E-state index in [0.717, 1.165) is 27.8 Å². The molecule has 1 N–H and O–H groups in total. The van der Waals surface area contributed by atoms with Crippen LogP contribution in [0.2, 0.25) is 0 Å². The lowest BCUT2D eigenvalue weighted by atomic mass is 9.77. The summed E-state index contributed by atoms with van der Waals surface area (Å²) in [5.74, 6) is -0.518. The van der Waals surface area contributed by atoms with Crippen LogP contribution in [0.3, 0.4) is 0 Å². The third kappa shape index (κ3) is 5.46. The highest BCUT2D eigenvalue weighted by molar-refractivity contribution is 7.88. The first-order valence-electron chi connectivity index (χ1n) is 11.5. The zero-order valence-electron chi connectivity index (χ0n) is 19.0. The summed E-state index contributed by atoms with van der Waals surface area (Å²) in [6.45, 7) is 0.0684. The molecule has 0 aromatic heterocycles. The predicted octanol–water partition coefficient (Wildman–Crippen LogP) is 4.54. The SMILES string of the molecule is CS(=O)(=O)N[C@H]1CC[C@](Cc2cccc(-c3ccccc3)c2)(C(=O)N2CCCC2C(F)(F)F)C1. The molecular formula is C25H29F3N2O3S. The Hall–Kier alpha value is -2.39. The van der Waals surface area contributed by atoms with Gasteiger partial charge in [-0.1, -0.05) is 54.6 Å². The van der Waals surface area contributed by atoms with E-state index in [2.05, 4.69) is 4.72 Å². The fourth-order valence-electron chi connectivity index (χ4n) is 5.50. The van der Waals surface area contributed by atoms with Gasteiger partial charge in [-0.25, -0.2) is 13.1 Å². The molecule has 1 aliphatic carbocycles. The molecule has 9 heteroatoms. The van der Waals surface area contributed by atoms with Crippen molar-refractivity contribution in [2.75, 3.05) is 12.8 Å². The van der Waals surface area contributed by atoms with Crippen molar-refractivity contribution >= 4 is 15.9 Å². The average molecular weight is 495 g/mol. The summed E-state index contributed by atoms with van der Waals surface area (Å²) in [7, 11) is -3.51. The molecule has 3 atom stereocenters. The minimum Gasteiger partial charge on any atom is -0.330 e. The smallest absolute Gasteiger partial charge is 0.330 e. The maximum absolute atomic E-state index is 13.7. The molecule has 2 aliphatic rings. The van der Waals surface area contributed by atoms with E-state index in [4.69, 9.17) is 0 Å². The number of amides is 1. The predicted molar refractivity (Wildman–Crippen MR) is 124 cm³/mol. The van der Waals surface area contributed by atoms with Crippen LogP contribution < -0.4 is 4.72 Å². The molecular weight excluding hydrogens is 465 g/mol. The lowest BCUT2D eigenvalue weighted by Gasteiger charge is -2.36. The fraction of sp³-hybridized carbons (Fsp3) is 0.480. The second-order valence-corrected chi connectivity index (χ2v) is 11.3. The molecule has 1 saturated carbocycles. The van der Waals surface area contributed by atoms with E-state index in [-0.39, 0.29) is 25.8 Å². The number of halogens is 3. The van der Waals surface area contributed by atoms with E-state index in [9.17, 15) is 26.4 Å². The lowest BCUT2D eigenvalue weighted by molar-refractivity contribution is -0.187. The number of nitrogens with zero attached hydrogens (tertiary/aromatic N) is 1. The maximum atomic E-state index is 13.7. The van der Waals surface area contributed by atoms with Crippen LogP contribution in [-0.2, 0) is 21.2 Å². The standard InChI is InChI=1S/C25H29F3N2O3S/c1-34(32,33)29-21-12-13-24(17-21,23(31)30-14-6-11-22(30)25(26,27)28)16-18-7-5-10-20(15-18)19-8-3-2-4-9-19/h2-5,7-10,15,21-22,29H,6,11-14,16-17H2,1H3/t21-,22?,24+/m0/s1. The minimum absolute atomic E-state index is 0.0684. The highest BCUT2D eigenvalue weighted by Gasteiger charge is 2.54. The molecule has 0 spiro atoms. The Kier molecular flexibility index (Phi) is 6.79. The van der Waals surface area contributed by atoms with Crippen LogP contribution in [0.4, 0.5) is 13.2 Å². The molecule has 4 rings (SSSR count). The molecule has 1 unspecified atom stereocenters. The minimum atomic E-state index is -4.48. The van der Waals surface area contributed by atoms with E-state index in [0.29, 0.717) is 19.3 Å². The summed E-state index contributed by atoms with van der Waals surface area (Å²) >= 11 is 0. The van der Waals surface area contributed by atoms with Crippen molar-refractivity contribution in [1.82, 2.24) is 9.62 Å². The highest BCUT2D eigenvalue weighted by atomic mass is 32.2.